The minimum atomic E-state index is -0.505. The molecule has 2 aromatic rings. The summed E-state index contributed by atoms with van der Waals surface area (Å²) >= 11 is 7.14. The van der Waals surface area contributed by atoms with Gasteiger partial charge in [-0.05, 0) is 29.6 Å². The van der Waals surface area contributed by atoms with Crippen molar-refractivity contribution in [2.75, 3.05) is 0 Å². The lowest BCUT2D eigenvalue weighted by molar-refractivity contribution is 0.0994. The summed E-state index contributed by atoms with van der Waals surface area (Å²) in [5.74, 6) is -0.557. The van der Waals surface area contributed by atoms with Gasteiger partial charge in [-0.1, -0.05) is 17.7 Å². The highest BCUT2D eigenvalue weighted by Crippen LogP contribution is 2.18. The lowest BCUT2D eigenvalue weighted by Gasteiger charge is -2.00. The highest BCUT2D eigenvalue weighted by Gasteiger charge is 2.10. The van der Waals surface area contributed by atoms with E-state index in [1.807, 2.05) is 17.5 Å². The fourth-order valence-electron chi connectivity index (χ4n) is 1.34. The van der Waals surface area contributed by atoms with Crippen LogP contribution in [0.15, 0.2) is 35.7 Å². The Balaban J connectivity index is 2.18. The van der Waals surface area contributed by atoms with E-state index in [0.717, 1.165) is 4.88 Å². The molecule has 1 aromatic carbocycles. The van der Waals surface area contributed by atoms with Crippen molar-refractivity contribution in [1.82, 2.24) is 0 Å². The summed E-state index contributed by atoms with van der Waals surface area (Å²) in [6, 6.07) is 7.83. The summed E-state index contributed by atoms with van der Waals surface area (Å²) in [6.45, 7) is 0. The number of benzene rings is 1. The van der Waals surface area contributed by atoms with Crippen LogP contribution in [0.1, 0.15) is 15.2 Å². The molecule has 0 saturated heterocycles. The molecule has 0 radical (unpaired) electrons. The minimum absolute atomic E-state index is 0.0166. The third-order valence-electron chi connectivity index (χ3n) is 2.16. The van der Waals surface area contributed by atoms with Gasteiger partial charge in [0, 0.05) is 16.9 Å². The molecule has 0 amide bonds. The van der Waals surface area contributed by atoms with E-state index in [-0.39, 0.29) is 10.8 Å². The van der Waals surface area contributed by atoms with Crippen molar-refractivity contribution < 1.29 is 9.18 Å². The molecular formula is C12H8ClFOS. The van der Waals surface area contributed by atoms with Gasteiger partial charge >= 0.3 is 0 Å². The summed E-state index contributed by atoms with van der Waals surface area (Å²) in [5.41, 5.74) is 0.444. The summed E-state index contributed by atoms with van der Waals surface area (Å²) in [5, 5.41) is 1.90. The Hall–Kier alpha value is -1.19. The molecule has 2 rings (SSSR count). The molecule has 0 N–H and O–H groups in total. The number of thiophene rings is 1. The molecule has 0 saturated carbocycles. The van der Waals surface area contributed by atoms with E-state index in [1.54, 1.807) is 0 Å². The van der Waals surface area contributed by atoms with Gasteiger partial charge < -0.3 is 0 Å². The Morgan fingerprint density at radius 2 is 2.19 bits per heavy atom. The van der Waals surface area contributed by atoms with Crippen molar-refractivity contribution in [2.45, 2.75) is 6.42 Å². The monoisotopic (exact) mass is 254 g/mol. The molecular weight excluding hydrogens is 247 g/mol. The van der Waals surface area contributed by atoms with Crippen molar-refractivity contribution in [3.05, 3.63) is 57.0 Å². The predicted molar refractivity (Wildman–Crippen MR) is 63.8 cm³/mol. The molecule has 1 heterocycles. The van der Waals surface area contributed by atoms with Crippen LogP contribution in [0.5, 0.6) is 0 Å². The van der Waals surface area contributed by atoms with Crippen LogP contribution in [0.3, 0.4) is 0 Å². The Labute approximate surface area is 101 Å². The molecule has 0 aliphatic heterocycles. The number of halogens is 2. The quantitative estimate of drug-likeness (QED) is 0.758. The minimum Gasteiger partial charge on any atom is -0.294 e. The Morgan fingerprint density at radius 3 is 2.81 bits per heavy atom. The van der Waals surface area contributed by atoms with Crippen LogP contribution < -0.4 is 0 Å². The van der Waals surface area contributed by atoms with Gasteiger partial charge in [0.05, 0.1) is 5.02 Å². The summed E-state index contributed by atoms with van der Waals surface area (Å²) < 4.78 is 12.9. The van der Waals surface area contributed by atoms with E-state index >= 15 is 0 Å². The van der Waals surface area contributed by atoms with Crippen LogP contribution in [0, 0.1) is 5.82 Å². The molecule has 4 heteroatoms. The zero-order chi connectivity index (χ0) is 11.5. The second kappa shape index (κ2) is 4.76. The van der Waals surface area contributed by atoms with Crippen LogP contribution in [-0.2, 0) is 6.42 Å². The van der Waals surface area contributed by atoms with E-state index in [4.69, 9.17) is 11.6 Å². The molecule has 0 atom stereocenters. The first kappa shape index (κ1) is 11.3. The van der Waals surface area contributed by atoms with Gasteiger partial charge in [-0.3, -0.25) is 4.79 Å². The van der Waals surface area contributed by atoms with Gasteiger partial charge in [-0.25, -0.2) is 4.39 Å². The van der Waals surface area contributed by atoms with Gasteiger partial charge in [0.25, 0.3) is 0 Å². The fourth-order valence-corrected chi connectivity index (χ4v) is 2.23. The van der Waals surface area contributed by atoms with Crippen molar-refractivity contribution >= 4 is 28.7 Å². The predicted octanol–water partition coefficient (Wildman–Crippen LogP) is 3.97. The first-order valence-electron chi connectivity index (χ1n) is 4.67. The summed E-state index contributed by atoms with van der Waals surface area (Å²) in [6.07, 6.45) is 0.333. The topological polar surface area (TPSA) is 17.1 Å². The normalized spacial score (nSPS) is 10.4. The fraction of sp³-hybridized carbons (Fsp3) is 0.0833. The average molecular weight is 255 g/mol. The molecule has 0 unspecified atom stereocenters. The zero-order valence-electron chi connectivity index (χ0n) is 8.24. The molecule has 0 bridgehead atoms. The second-order valence-electron chi connectivity index (χ2n) is 3.31. The number of carbonyl (C=O) groups is 1. The Kier molecular flexibility index (Phi) is 3.36. The van der Waals surface area contributed by atoms with E-state index in [2.05, 4.69) is 0 Å². The highest BCUT2D eigenvalue weighted by atomic mass is 35.5. The molecule has 0 fully saturated rings. The smallest absolute Gasteiger partial charge is 0.168 e. The lowest BCUT2D eigenvalue weighted by Crippen LogP contribution is -2.02. The Morgan fingerprint density at radius 1 is 1.38 bits per heavy atom. The molecule has 1 aromatic heterocycles. The van der Waals surface area contributed by atoms with E-state index in [9.17, 15) is 9.18 Å². The van der Waals surface area contributed by atoms with E-state index in [1.165, 1.54) is 29.5 Å². The van der Waals surface area contributed by atoms with Crippen molar-refractivity contribution in [3.8, 4) is 0 Å². The van der Waals surface area contributed by atoms with Gasteiger partial charge in [0.2, 0.25) is 0 Å². The molecule has 0 aliphatic carbocycles. The number of hydrogen-bond acceptors (Lipinski definition) is 2. The number of ketones is 1. The molecule has 16 heavy (non-hydrogen) atoms. The van der Waals surface area contributed by atoms with Crippen LogP contribution in [0.25, 0.3) is 0 Å². The van der Waals surface area contributed by atoms with Gasteiger partial charge in [0.15, 0.2) is 5.78 Å². The molecule has 82 valence electrons. The molecule has 1 nitrogen and oxygen atoms in total. The summed E-state index contributed by atoms with van der Waals surface area (Å²) in [7, 11) is 0. The maximum atomic E-state index is 12.9. The third kappa shape index (κ3) is 2.49. The standard InChI is InChI=1S/C12H8ClFOS/c13-10-6-8(3-4-11(10)14)12(15)7-9-2-1-5-16-9/h1-6H,7H2. The van der Waals surface area contributed by atoms with Crippen LogP contribution in [0.2, 0.25) is 5.02 Å². The Bertz CT molecular complexity index is 508. The molecule has 0 aliphatic rings. The number of Topliss-reactive ketones (excluding diaryl/α,β-unsaturated/α-hetero) is 1. The van der Waals surface area contributed by atoms with Crippen molar-refractivity contribution in [1.29, 1.82) is 0 Å². The van der Waals surface area contributed by atoms with Gasteiger partial charge in [0.1, 0.15) is 5.82 Å². The third-order valence-corrected chi connectivity index (χ3v) is 3.32. The maximum absolute atomic E-state index is 12.9. The second-order valence-corrected chi connectivity index (χ2v) is 4.75. The summed E-state index contributed by atoms with van der Waals surface area (Å²) in [4.78, 5) is 12.8. The SMILES string of the molecule is O=C(Cc1cccs1)c1ccc(F)c(Cl)c1. The molecule has 0 spiro atoms. The van der Waals surface area contributed by atoms with Crippen LogP contribution in [-0.4, -0.2) is 5.78 Å². The zero-order valence-corrected chi connectivity index (χ0v) is 9.82. The van der Waals surface area contributed by atoms with E-state index < -0.39 is 5.82 Å². The number of rotatable bonds is 3. The number of carbonyl (C=O) groups excluding carboxylic acids is 1. The number of hydrogen-bond donors (Lipinski definition) is 0. The average Bonchev–Trinajstić information content (AvgIpc) is 2.74. The van der Waals surface area contributed by atoms with Gasteiger partial charge in [-0.15, -0.1) is 11.3 Å². The first-order chi connectivity index (χ1) is 7.66. The maximum Gasteiger partial charge on any atom is 0.168 e. The van der Waals surface area contributed by atoms with Crippen molar-refractivity contribution in [2.24, 2.45) is 0 Å². The first-order valence-corrected chi connectivity index (χ1v) is 5.93. The lowest BCUT2D eigenvalue weighted by atomic mass is 10.1. The largest absolute Gasteiger partial charge is 0.294 e. The van der Waals surface area contributed by atoms with E-state index in [0.29, 0.717) is 12.0 Å². The highest BCUT2D eigenvalue weighted by molar-refractivity contribution is 7.10. The van der Waals surface area contributed by atoms with Gasteiger partial charge in [-0.2, -0.15) is 0 Å². The van der Waals surface area contributed by atoms with Crippen LogP contribution >= 0.6 is 22.9 Å². The van der Waals surface area contributed by atoms with Crippen molar-refractivity contribution in [3.63, 3.8) is 0 Å². The van der Waals surface area contributed by atoms with Crippen LogP contribution in [0.4, 0.5) is 4.39 Å².